The SMILES string of the molecule is CCC([Si])/C(O[Si](C)(C)C)=C(\CO[Si](C)(C)C)C(=O)OC(=O)C(O)CO. The molecular weight excluding hydrogens is 388 g/mol. The van der Waals surface area contributed by atoms with E-state index in [-0.39, 0.29) is 17.7 Å². The fourth-order valence-corrected chi connectivity index (χ4v) is 3.53. The van der Waals surface area contributed by atoms with Crippen LogP contribution in [0, 0.1) is 0 Å². The van der Waals surface area contributed by atoms with E-state index in [0.717, 1.165) is 0 Å². The summed E-state index contributed by atoms with van der Waals surface area (Å²) in [4.78, 5) is 24.3. The Morgan fingerprint density at radius 1 is 1.08 bits per heavy atom. The lowest BCUT2D eigenvalue weighted by atomic mass is 10.1. The van der Waals surface area contributed by atoms with Crippen molar-refractivity contribution < 1.29 is 33.4 Å². The van der Waals surface area contributed by atoms with Gasteiger partial charge in [-0.3, -0.25) is 0 Å². The third-order valence-electron chi connectivity index (χ3n) is 2.97. The van der Waals surface area contributed by atoms with Crippen LogP contribution in [0.5, 0.6) is 0 Å². The molecule has 2 N–H and O–H groups in total. The van der Waals surface area contributed by atoms with Crippen molar-refractivity contribution in [3.63, 3.8) is 0 Å². The Morgan fingerprint density at radius 3 is 2.00 bits per heavy atom. The number of ether oxygens (including phenoxy) is 1. The number of carbonyl (C=O) groups excluding carboxylic acids is 2. The van der Waals surface area contributed by atoms with E-state index in [1.165, 1.54) is 0 Å². The molecule has 0 amide bonds. The second-order valence-corrected chi connectivity index (χ2v) is 17.5. The number of carbonyl (C=O) groups is 2. The van der Waals surface area contributed by atoms with Crippen molar-refractivity contribution in [3.8, 4) is 0 Å². The van der Waals surface area contributed by atoms with Gasteiger partial charge < -0.3 is 23.8 Å². The number of hydrogen-bond donors (Lipinski definition) is 2. The Morgan fingerprint density at radius 2 is 1.62 bits per heavy atom. The Bertz CT molecular complexity index is 521. The van der Waals surface area contributed by atoms with Crippen molar-refractivity contribution in [1.29, 1.82) is 0 Å². The summed E-state index contributed by atoms with van der Waals surface area (Å²) >= 11 is 0. The van der Waals surface area contributed by atoms with Gasteiger partial charge in [-0.05, 0) is 45.7 Å². The van der Waals surface area contributed by atoms with Crippen molar-refractivity contribution in [3.05, 3.63) is 11.3 Å². The second kappa shape index (κ2) is 10.5. The predicted molar refractivity (Wildman–Crippen MR) is 105 cm³/mol. The smallest absolute Gasteiger partial charge is 0.347 e. The fraction of sp³-hybridized carbons (Fsp3) is 0.750. The van der Waals surface area contributed by atoms with Crippen LogP contribution >= 0.6 is 0 Å². The van der Waals surface area contributed by atoms with Crippen molar-refractivity contribution in [1.82, 2.24) is 0 Å². The summed E-state index contributed by atoms with van der Waals surface area (Å²) in [7, 11) is -0.462. The molecule has 0 aromatic heterocycles. The first kappa shape index (κ1) is 25.2. The molecule has 2 atom stereocenters. The number of esters is 2. The normalized spacial score (nSPS) is 15.8. The highest BCUT2D eigenvalue weighted by atomic mass is 28.4. The molecule has 0 saturated heterocycles. The van der Waals surface area contributed by atoms with E-state index in [9.17, 15) is 14.7 Å². The van der Waals surface area contributed by atoms with E-state index in [0.29, 0.717) is 12.2 Å². The van der Waals surface area contributed by atoms with Crippen molar-refractivity contribution in [2.75, 3.05) is 13.2 Å². The molecule has 7 nitrogen and oxygen atoms in total. The molecule has 0 aliphatic rings. The molecule has 0 aliphatic carbocycles. The zero-order valence-electron chi connectivity index (χ0n) is 16.7. The predicted octanol–water partition coefficient (Wildman–Crippen LogP) is 1.73. The minimum atomic E-state index is -2.07. The third-order valence-corrected chi connectivity index (χ3v) is 5.49. The van der Waals surface area contributed by atoms with Gasteiger partial charge in [0.25, 0.3) is 0 Å². The zero-order valence-corrected chi connectivity index (χ0v) is 19.7. The van der Waals surface area contributed by atoms with Gasteiger partial charge in [0.15, 0.2) is 14.4 Å². The first-order chi connectivity index (χ1) is 11.7. The highest BCUT2D eigenvalue weighted by molar-refractivity contribution is 6.70. The maximum atomic E-state index is 12.6. The molecule has 0 bridgehead atoms. The van der Waals surface area contributed by atoms with Gasteiger partial charge >= 0.3 is 11.9 Å². The summed E-state index contributed by atoms with van der Waals surface area (Å²) in [5, 5.41) is 18.2. The molecule has 3 radical (unpaired) electrons. The average molecular weight is 420 g/mol. The van der Waals surface area contributed by atoms with Crippen LogP contribution in [0.15, 0.2) is 11.3 Å². The van der Waals surface area contributed by atoms with Crippen LogP contribution in [0.2, 0.25) is 44.8 Å². The molecule has 0 saturated carbocycles. The highest BCUT2D eigenvalue weighted by Crippen LogP contribution is 2.28. The van der Waals surface area contributed by atoms with Gasteiger partial charge in [0, 0.05) is 15.8 Å². The molecule has 0 spiro atoms. The Balaban J connectivity index is 5.89. The lowest BCUT2D eigenvalue weighted by Crippen LogP contribution is -2.34. The Labute approximate surface area is 161 Å². The Hall–Kier alpha value is -0.789. The minimum Gasteiger partial charge on any atom is -0.547 e. The molecule has 10 heteroatoms. The summed E-state index contributed by atoms with van der Waals surface area (Å²) in [6.45, 7) is 12.9. The first-order valence-electron chi connectivity index (χ1n) is 8.54. The number of aliphatic hydroxyl groups excluding tert-OH is 2. The molecule has 0 aliphatic heterocycles. The second-order valence-electron chi connectivity index (χ2n) is 7.83. The lowest BCUT2D eigenvalue weighted by Gasteiger charge is -2.28. The van der Waals surface area contributed by atoms with Crippen molar-refractivity contribution >= 4 is 38.8 Å². The number of hydrogen-bond acceptors (Lipinski definition) is 7. The van der Waals surface area contributed by atoms with Crippen LogP contribution in [0.3, 0.4) is 0 Å². The van der Waals surface area contributed by atoms with Gasteiger partial charge in [-0.25, -0.2) is 9.59 Å². The van der Waals surface area contributed by atoms with E-state index >= 15 is 0 Å². The molecule has 149 valence electrons. The topological polar surface area (TPSA) is 102 Å². The van der Waals surface area contributed by atoms with E-state index in [1.807, 2.05) is 46.2 Å². The molecule has 0 aromatic rings. The molecule has 0 heterocycles. The molecule has 2 unspecified atom stereocenters. The summed E-state index contributed by atoms with van der Waals surface area (Å²) < 4.78 is 16.7. The molecular formula is C16H31O7Si3. The van der Waals surface area contributed by atoms with Crippen LogP contribution in [-0.4, -0.2) is 68.3 Å². The van der Waals surface area contributed by atoms with Gasteiger partial charge in [-0.1, -0.05) is 6.92 Å². The lowest BCUT2D eigenvalue weighted by molar-refractivity contribution is -0.165. The van der Waals surface area contributed by atoms with Crippen LogP contribution in [0.1, 0.15) is 13.3 Å². The van der Waals surface area contributed by atoms with Crippen LogP contribution < -0.4 is 0 Å². The van der Waals surface area contributed by atoms with Crippen molar-refractivity contribution in [2.45, 2.75) is 64.3 Å². The monoisotopic (exact) mass is 419 g/mol. The summed E-state index contributed by atoms with van der Waals surface area (Å²) in [6, 6.07) is 0. The first-order valence-corrected chi connectivity index (χ1v) is 15.9. The summed E-state index contributed by atoms with van der Waals surface area (Å²) in [5.74, 6) is -1.76. The minimum absolute atomic E-state index is 0.0577. The molecule has 0 fully saturated rings. The zero-order chi connectivity index (χ0) is 20.7. The Kier molecular flexibility index (Phi) is 10.2. The summed E-state index contributed by atoms with van der Waals surface area (Å²) in [5.41, 5.74) is -0.150. The molecule has 0 aromatic carbocycles. The quantitative estimate of drug-likeness (QED) is 0.183. The van der Waals surface area contributed by atoms with E-state index in [4.69, 9.17) is 18.7 Å². The molecule has 0 rings (SSSR count). The number of allylic oxidation sites excluding steroid dienone is 1. The van der Waals surface area contributed by atoms with Gasteiger partial charge in [0.1, 0.15) is 0 Å². The third kappa shape index (κ3) is 9.78. The van der Waals surface area contributed by atoms with Crippen LogP contribution in [0.4, 0.5) is 0 Å². The van der Waals surface area contributed by atoms with E-state index in [1.54, 1.807) is 0 Å². The summed E-state index contributed by atoms with van der Waals surface area (Å²) in [6.07, 6.45) is -1.13. The van der Waals surface area contributed by atoms with Gasteiger partial charge in [-0.15, -0.1) is 0 Å². The van der Waals surface area contributed by atoms with Gasteiger partial charge in [0.05, 0.1) is 24.5 Å². The van der Waals surface area contributed by atoms with Gasteiger partial charge in [-0.2, -0.15) is 0 Å². The van der Waals surface area contributed by atoms with E-state index < -0.39 is 41.3 Å². The maximum Gasteiger partial charge on any atom is 0.347 e. The molecule has 26 heavy (non-hydrogen) atoms. The number of rotatable bonds is 10. The maximum absolute atomic E-state index is 12.6. The van der Waals surface area contributed by atoms with Gasteiger partial charge in [0.2, 0.25) is 8.32 Å². The highest BCUT2D eigenvalue weighted by Gasteiger charge is 2.31. The number of aliphatic hydroxyl groups is 2. The fourth-order valence-electron chi connectivity index (χ4n) is 1.67. The van der Waals surface area contributed by atoms with Crippen LogP contribution in [-0.2, 0) is 23.2 Å². The largest absolute Gasteiger partial charge is 0.547 e. The van der Waals surface area contributed by atoms with Crippen molar-refractivity contribution in [2.24, 2.45) is 0 Å². The van der Waals surface area contributed by atoms with Crippen LogP contribution in [0.25, 0.3) is 0 Å². The standard InChI is InChI=1S/C16H31O7Si3/c1-8-13(24)14(23-26(5,6)7)11(10-21-25(2,3)4)15(19)22-16(20)12(18)9-17/h12-13,17-18H,8-10H2,1-7H3/b14-11-. The average Bonchev–Trinajstić information content (AvgIpc) is 2.49. The van der Waals surface area contributed by atoms with E-state index in [2.05, 4.69) is 10.2 Å².